The van der Waals surface area contributed by atoms with E-state index in [-0.39, 0.29) is 12.2 Å². The molecule has 1 rings (SSSR count). The lowest BCUT2D eigenvalue weighted by molar-refractivity contribution is 0.305. The lowest BCUT2D eigenvalue weighted by Gasteiger charge is -2.03. The van der Waals surface area contributed by atoms with Crippen LogP contribution < -0.4 is 0 Å². The van der Waals surface area contributed by atoms with Gasteiger partial charge in [-0.15, -0.1) is 0 Å². The molecule has 0 amide bonds. The first-order chi connectivity index (χ1) is 6.40. The molecule has 0 radical (unpaired) electrons. The van der Waals surface area contributed by atoms with E-state index in [1.165, 1.54) is 6.07 Å². The van der Waals surface area contributed by atoms with E-state index in [1.54, 1.807) is 12.1 Å². The number of hydrogen-bond donors (Lipinski definition) is 0. The van der Waals surface area contributed by atoms with Gasteiger partial charge in [0.2, 0.25) is 0 Å². The molecule has 3 nitrogen and oxygen atoms in total. The summed E-state index contributed by atoms with van der Waals surface area (Å²) in [7, 11) is -3.52. The zero-order chi connectivity index (χ0) is 10.8. The molecule has 0 N–H and O–H groups in total. The fourth-order valence-electron chi connectivity index (χ4n) is 0.830. The second-order valence-electron chi connectivity index (χ2n) is 2.68. The van der Waals surface area contributed by atoms with Crippen molar-refractivity contribution in [3.8, 4) is 0 Å². The second kappa shape index (κ2) is 4.54. The Hall–Kier alpha value is -0.210. The Bertz CT molecular complexity index is 430. The highest BCUT2D eigenvalue weighted by molar-refractivity contribution is 14.1. The summed E-state index contributed by atoms with van der Waals surface area (Å²) in [5, 5.41) is 0. The molecule has 0 aromatic heterocycles. The fraction of sp³-hybridized carbons (Fsp3) is 0.250. The predicted molar refractivity (Wildman–Crippen MR) is 58.7 cm³/mol. The molecule has 0 saturated heterocycles. The van der Waals surface area contributed by atoms with Gasteiger partial charge in [-0.05, 0) is 28.7 Å². The highest BCUT2D eigenvalue weighted by Gasteiger charge is 2.08. The van der Waals surface area contributed by atoms with Gasteiger partial charge >= 0.3 is 0 Å². The Balaban J connectivity index is 2.83. The molecule has 0 saturated carbocycles. The van der Waals surface area contributed by atoms with Crippen LogP contribution in [0.3, 0.4) is 0 Å². The van der Waals surface area contributed by atoms with Crippen LogP contribution in [-0.2, 0) is 20.9 Å². The van der Waals surface area contributed by atoms with Crippen molar-refractivity contribution < 1.29 is 17.0 Å². The van der Waals surface area contributed by atoms with Gasteiger partial charge in [0.25, 0.3) is 10.1 Å². The minimum atomic E-state index is -3.52. The van der Waals surface area contributed by atoms with Gasteiger partial charge in [-0.2, -0.15) is 8.42 Å². The maximum absolute atomic E-state index is 13.3. The van der Waals surface area contributed by atoms with Crippen molar-refractivity contribution in [2.24, 2.45) is 0 Å². The number of rotatable bonds is 3. The van der Waals surface area contributed by atoms with Gasteiger partial charge < -0.3 is 0 Å². The summed E-state index contributed by atoms with van der Waals surface area (Å²) >= 11 is 1.83. The van der Waals surface area contributed by atoms with E-state index in [2.05, 4.69) is 4.18 Å². The van der Waals surface area contributed by atoms with Gasteiger partial charge in [-0.3, -0.25) is 4.18 Å². The van der Waals surface area contributed by atoms with Crippen LogP contribution in [0.2, 0.25) is 0 Å². The Labute approximate surface area is 95.5 Å². The van der Waals surface area contributed by atoms with Gasteiger partial charge in [0.1, 0.15) is 5.82 Å². The first-order valence-electron chi connectivity index (χ1n) is 3.67. The van der Waals surface area contributed by atoms with Crippen LogP contribution in [-0.4, -0.2) is 14.7 Å². The molecule has 0 aliphatic carbocycles. The third-order valence-electron chi connectivity index (χ3n) is 1.46. The number of benzene rings is 1. The van der Waals surface area contributed by atoms with Crippen LogP contribution in [0.15, 0.2) is 18.2 Å². The average Bonchev–Trinajstić information content (AvgIpc) is 2.06. The first kappa shape index (κ1) is 11.9. The monoisotopic (exact) mass is 330 g/mol. The number of halogens is 2. The minimum Gasteiger partial charge on any atom is -0.265 e. The van der Waals surface area contributed by atoms with E-state index in [9.17, 15) is 12.8 Å². The van der Waals surface area contributed by atoms with Crippen molar-refractivity contribution >= 4 is 32.7 Å². The van der Waals surface area contributed by atoms with Crippen LogP contribution in [0.4, 0.5) is 4.39 Å². The van der Waals surface area contributed by atoms with Crippen LogP contribution in [0.1, 0.15) is 5.56 Å². The highest BCUT2D eigenvalue weighted by atomic mass is 127. The molecule has 0 unspecified atom stereocenters. The Morgan fingerprint density at radius 3 is 2.71 bits per heavy atom. The highest BCUT2D eigenvalue weighted by Crippen LogP contribution is 2.16. The molecule has 0 heterocycles. The zero-order valence-corrected chi connectivity index (χ0v) is 10.3. The quantitative estimate of drug-likeness (QED) is 0.628. The van der Waals surface area contributed by atoms with Crippen LogP contribution in [0, 0.1) is 9.39 Å². The predicted octanol–water partition coefficient (Wildman–Crippen LogP) is 1.91. The lowest BCUT2D eigenvalue weighted by atomic mass is 10.2. The van der Waals surface area contributed by atoms with Gasteiger partial charge in [0, 0.05) is 9.13 Å². The third-order valence-corrected chi connectivity index (χ3v) is 2.84. The Morgan fingerprint density at radius 1 is 1.50 bits per heavy atom. The van der Waals surface area contributed by atoms with Crippen molar-refractivity contribution in [3.63, 3.8) is 0 Å². The van der Waals surface area contributed by atoms with E-state index in [1.807, 2.05) is 22.6 Å². The van der Waals surface area contributed by atoms with Crippen molar-refractivity contribution in [1.29, 1.82) is 0 Å². The molecule has 1 aromatic carbocycles. The minimum absolute atomic E-state index is 0.238. The second-order valence-corrected chi connectivity index (χ2v) is 5.49. The molecule has 0 fully saturated rings. The van der Waals surface area contributed by atoms with Gasteiger partial charge in [-0.1, -0.05) is 12.1 Å². The zero-order valence-electron chi connectivity index (χ0n) is 7.33. The van der Waals surface area contributed by atoms with E-state index in [4.69, 9.17) is 0 Å². The maximum Gasteiger partial charge on any atom is 0.264 e. The molecule has 14 heavy (non-hydrogen) atoms. The Kier molecular flexibility index (Phi) is 3.85. The largest absolute Gasteiger partial charge is 0.265 e. The van der Waals surface area contributed by atoms with Gasteiger partial charge in [0.15, 0.2) is 0 Å². The SMILES string of the molecule is CS(=O)(=O)OCc1cccc(I)c1F. The molecular formula is C8H8FIO3S. The van der Waals surface area contributed by atoms with Crippen molar-refractivity contribution in [2.45, 2.75) is 6.61 Å². The first-order valence-corrected chi connectivity index (χ1v) is 6.57. The summed E-state index contributed by atoms with van der Waals surface area (Å²) in [4.78, 5) is 0. The molecule has 0 bridgehead atoms. The van der Waals surface area contributed by atoms with E-state index in [0.717, 1.165) is 6.26 Å². The number of hydrogen-bond acceptors (Lipinski definition) is 3. The van der Waals surface area contributed by atoms with Crippen LogP contribution in [0.5, 0.6) is 0 Å². The van der Waals surface area contributed by atoms with Crippen molar-refractivity contribution in [1.82, 2.24) is 0 Å². The van der Waals surface area contributed by atoms with E-state index in [0.29, 0.717) is 3.57 Å². The maximum atomic E-state index is 13.3. The Morgan fingerprint density at radius 2 is 2.14 bits per heavy atom. The van der Waals surface area contributed by atoms with E-state index >= 15 is 0 Å². The van der Waals surface area contributed by atoms with Crippen LogP contribution in [0.25, 0.3) is 0 Å². The molecule has 1 aromatic rings. The van der Waals surface area contributed by atoms with Crippen LogP contribution >= 0.6 is 22.6 Å². The van der Waals surface area contributed by atoms with Gasteiger partial charge in [-0.25, -0.2) is 4.39 Å². The van der Waals surface area contributed by atoms with E-state index < -0.39 is 15.9 Å². The standard InChI is InChI=1S/C8H8FIO3S/c1-14(11,12)13-5-6-3-2-4-7(10)8(6)9/h2-4H,5H2,1H3. The lowest BCUT2D eigenvalue weighted by Crippen LogP contribution is -2.04. The fourth-order valence-corrected chi connectivity index (χ4v) is 1.73. The summed E-state index contributed by atoms with van der Waals surface area (Å²) in [5.41, 5.74) is 0.238. The molecule has 78 valence electrons. The molecule has 0 spiro atoms. The summed E-state index contributed by atoms with van der Waals surface area (Å²) in [6.07, 6.45) is 0.929. The molecular weight excluding hydrogens is 322 g/mol. The summed E-state index contributed by atoms with van der Waals surface area (Å²) in [6, 6.07) is 4.73. The average molecular weight is 330 g/mol. The molecule has 0 atom stereocenters. The van der Waals surface area contributed by atoms with Crippen molar-refractivity contribution in [3.05, 3.63) is 33.1 Å². The third kappa shape index (κ3) is 3.50. The summed E-state index contributed by atoms with van der Waals surface area (Å²) in [6.45, 7) is -0.262. The topological polar surface area (TPSA) is 43.4 Å². The summed E-state index contributed by atoms with van der Waals surface area (Å²) < 4.78 is 39.5. The molecule has 0 aliphatic rings. The molecule has 6 heteroatoms. The normalized spacial score (nSPS) is 11.6. The summed E-state index contributed by atoms with van der Waals surface area (Å²) in [5.74, 6) is -0.434. The molecule has 0 aliphatic heterocycles. The van der Waals surface area contributed by atoms with Gasteiger partial charge in [0.05, 0.1) is 12.9 Å². The smallest absolute Gasteiger partial charge is 0.264 e. The van der Waals surface area contributed by atoms with Crippen molar-refractivity contribution in [2.75, 3.05) is 6.26 Å².